The molecule has 3 rings (SSSR count). The Morgan fingerprint density at radius 2 is 1.00 bits per heavy atom. The Bertz CT molecular complexity index is 711. The summed E-state index contributed by atoms with van der Waals surface area (Å²) in [7, 11) is 3.79. The highest BCUT2D eigenvalue weighted by Crippen LogP contribution is 2.24. The lowest BCUT2D eigenvalue weighted by atomic mass is 10.2. The SMILES string of the molecule is CN(c1ccccc1)c1cccc(N(C)c2ccccc2)[n+]1[O-]. The van der Waals surface area contributed by atoms with E-state index in [4.69, 9.17) is 0 Å². The van der Waals surface area contributed by atoms with Crippen molar-refractivity contribution in [1.82, 2.24) is 0 Å². The normalized spacial score (nSPS) is 10.3. The van der Waals surface area contributed by atoms with Gasteiger partial charge in [0.1, 0.15) is 0 Å². The first kappa shape index (κ1) is 14.9. The van der Waals surface area contributed by atoms with Crippen molar-refractivity contribution >= 4 is 23.0 Å². The summed E-state index contributed by atoms with van der Waals surface area (Å²) in [5.74, 6) is 1.16. The molecule has 2 aromatic carbocycles. The lowest BCUT2D eigenvalue weighted by Gasteiger charge is -2.25. The van der Waals surface area contributed by atoms with E-state index in [9.17, 15) is 5.21 Å². The van der Waals surface area contributed by atoms with Gasteiger partial charge in [0.05, 0.1) is 25.5 Å². The van der Waals surface area contributed by atoms with Gasteiger partial charge in [-0.3, -0.25) is 9.80 Å². The highest BCUT2D eigenvalue weighted by Gasteiger charge is 2.17. The molecule has 0 saturated carbocycles. The fourth-order valence-corrected chi connectivity index (χ4v) is 2.54. The molecule has 0 bridgehead atoms. The number of aromatic nitrogens is 1. The van der Waals surface area contributed by atoms with Gasteiger partial charge in [-0.1, -0.05) is 36.4 Å². The summed E-state index contributed by atoms with van der Waals surface area (Å²) in [6.45, 7) is 0. The lowest BCUT2D eigenvalue weighted by molar-refractivity contribution is -0.577. The molecule has 4 nitrogen and oxygen atoms in total. The van der Waals surface area contributed by atoms with Crippen molar-refractivity contribution in [2.24, 2.45) is 0 Å². The molecule has 0 aliphatic rings. The third-order valence-electron chi connectivity index (χ3n) is 3.88. The Morgan fingerprint density at radius 3 is 1.39 bits per heavy atom. The topological polar surface area (TPSA) is 33.4 Å². The Balaban J connectivity index is 1.99. The largest absolute Gasteiger partial charge is 0.740 e. The number of para-hydroxylation sites is 2. The number of hydrogen-bond donors (Lipinski definition) is 0. The van der Waals surface area contributed by atoms with E-state index in [1.54, 1.807) is 0 Å². The molecule has 0 unspecified atom stereocenters. The molecule has 0 saturated heterocycles. The number of nitrogens with zero attached hydrogens (tertiary/aromatic N) is 3. The maximum absolute atomic E-state index is 12.8. The standard InChI is InChI=1S/C19H19N3O/c1-20(16-10-5-3-6-11-16)18-14-9-15-19(22(18)23)21(2)17-12-7-4-8-13-17/h3-15H,1-2H3. The van der Waals surface area contributed by atoms with Crippen LogP contribution < -0.4 is 14.5 Å². The summed E-state index contributed by atoms with van der Waals surface area (Å²) in [6, 6.07) is 25.2. The minimum Gasteiger partial charge on any atom is -0.740 e. The minimum absolute atomic E-state index is 0.580. The van der Waals surface area contributed by atoms with Crippen LogP contribution in [-0.2, 0) is 0 Å². The molecule has 0 fully saturated rings. The summed E-state index contributed by atoms with van der Waals surface area (Å²) in [5.41, 5.74) is 1.94. The summed E-state index contributed by atoms with van der Waals surface area (Å²) in [6.07, 6.45) is 0. The number of anilines is 4. The monoisotopic (exact) mass is 305 g/mol. The van der Waals surface area contributed by atoms with Crippen LogP contribution in [0.5, 0.6) is 0 Å². The quantitative estimate of drug-likeness (QED) is 0.542. The minimum atomic E-state index is 0.580. The Kier molecular flexibility index (Phi) is 4.15. The zero-order valence-corrected chi connectivity index (χ0v) is 13.3. The van der Waals surface area contributed by atoms with Crippen molar-refractivity contribution in [3.8, 4) is 0 Å². The molecule has 1 aromatic heterocycles. The van der Waals surface area contributed by atoms with E-state index in [0.29, 0.717) is 11.6 Å². The van der Waals surface area contributed by atoms with Crippen LogP contribution >= 0.6 is 0 Å². The van der Waals surface area contributed by atoms with Gasteiger partial charge in [-0.15, -0.1) is 0 Å². The van der Waals surface area contributed by atoms with Gasteiger partial charge < -0.3 is 5.21 Å². The molecule has 0 radical (unpaired) electrons. The van der Waals surface area contributed by atoms with Crippen LogP contribution in [0.15, 0.2) is 78.9 Å². The molecular weight excluding hydrogens is 286 g/mol. The average molecular weight is 305 g/mol. The molecule has 0 spiro atoms. The maximum Gasteiger partial charge on any atom is 0.229 e. The summed E-state index contributed by atoms with van der Waals surface area (Å²) in [5, 5.41) is 12.8. The van der Waals surface area contributed by atoms with Crippen LogP contribution in [0.25, 0.3) is 0 Å². The first-order valence-electron chi connectivity index (χ1n) is 7.48. The number of pyridine rings is 1. The van der Waals surface area contributed by atoms with Crippen molar-refractivity contribution in [3.05, 3.63) is 84.1 Å². The van der Waals surface area contributed by atoms with Crippen molar-refractivity contribution in [2.75, 3.05) is 23.9 Å². The van der Waals surface area contributed by atoms with E-state index in [0.717, 1.165) is 16.1 Å². The third kappa shape index (κ3) is 2.97. The summed E-state index contributed by atoms with van der Waals surface area (Å²) >= 11 is 0. The summed E-state index contributed by atoms with van der Waals surface area (Å²) in [4.78, 5) is 3.77. The van der Waals surface area contributed by atoms with E-state index < -0.39 is 0 Å². The predicted octanol–water partition coefficient (Wildman–Crippen LogP) is 3.86. The molecule has 1 heterocycles. The van der Waals surface area contributed by atoms with Gasteiger partial charge in [0.2, 0.25) is 11.6 Å². The number of benzene rings is 2. The van der Waals surface area contributed by atoms with Gasteiger partial charge in [-0.25, -0.2) is 4.73 Å². The molecule has 0 aliphatic heterocycles. The summed E-state index contributed by atoms with van der Waals surface area (Å²) < 4.78 is 0.958. The van der Waals surface area contributed by atoms with Crippen LogP contribution in [0.2, 0.25) is 0 Å². The van der Waals surface area contributed by atoms with Gasteiger partial charge in [-0.05, 0) is 30.3 Å². The van der Waals surface area contributed by atoms with Gasteiger partial charge >= 0.3 is 0 Å². The smallest absolute Gasteiger partial charge is 0.229 e. The predicted molar refractivity (Wildman–Crippen MR) is 94.4 cm³/mol. The molecule has 116 valence electrons. The highest BCUT2D eigenvalue weighted by molar-refractivity contribution is 5.60. The third-order valence-corrected chi connectivity index (χ3v) is 3.88. The highest BCUT2D eigenvalue weighted by atomic mass is 16.5. The molecular formula is C19H19N3O. The Morgan fingerprint density at radius 1 is 0.609 bits per heavy atom. The molecule has 0 N–H and O–H groups in total. The Labute approximate surface area is 136 Å². The second kappa shape index (κ2) is 6.40. The zero-order valence-electron chi connectivity index (χ0n) is 13.3. The number of hydrogen-bond acceptors (Lipinski definition) is 3. The molecule has 0 amide bonds. The zero-order chi connectivity index (χ0) is 16.2. The van der Waals surface area contributed by atoms with Crippen LogP contribution in [0.4, 0.5) is 23.0 Å². The lowest BCUT2D eigenvalue weighted by Crippen LogP contribution is -2.39. The van der Waals surface area contributed by atoms with Gasteiger partial charge in [0.25, 0.3) is 0 Å². The molecule has 23 heavy (non-hydrogen) atoms. The first-order chi connectivity index (χ1) is 11.2. The van der Waals surface area contributed by atoms with Crippen LogP contribution in [-0.4, -0.2) is 14.1 Å². The molecule has 0 atom stereocenters. The van der Waals surface area contributed by atoms with E-state index in [1.807, 2.05) is 103 Å². The van der Waals surface area contributed by atoms with Crippen LogP contribution in [0, 0.1) is 5.21 Å². The Hall–Kier alpha value is -3.01. The van der Waals surface area contributed by atoms with Crippen molar-refractivity contribution in [1.29, 1.82) is 0 Å². The van der Waals surface area contributed by atoms with E-state index in [2.05, 4.69) is 0 Å². The van der Waals surface area contributed by atoms with Crippen LogP contribution in [0.1, 0.15) is 0 Å². The van der Waals surface area contributed by atoms with Crippen molar-refractivity contribution in [2.45, 2.75) is 0 Å². The molecule has 3 aromatic rings. The average Bonchev–Trinajstić information content (AvgIpc) is 2.62. The van der Waals surface area contributed by atoms with E-state index in [-0.39, 0.29) is 0 Å². The molecule has 4 heteroatoms. The molecule has 0 aliphatic carbocycles. The maximum atomic E-state index is 12.8. The second-order valence-corrected chi connectivity index (χ2v) is 5.33. The van der Waals surface area contributed by atoms with E-state index in [1.165, 1.54) is 0 Å². The second-order valence-electron chi connectivity index (χ2n) is 5.33. The van der Waals surface area contributed by atoms with Gasteiger partial charge in [0, 0.05) is 12.1 Å². The first-order valence-corrected chi connectivity index (χ1v) is 7.48. The fraction of sp³-hybridized carbons (Fsp3) is 0.105. The number of rotatable bonds is 4. The van der Waals surface area contributed by atoms with E-state index >= 15 is 0 Å². The van der Waals surface area contributed by atoms with Gasteiger partial charge in [-0.2, -0.15) is 0 Å². The van der Waals surface area contributed by atoms with Gasteiger partial charge in [0.15, 0.2) is 0 Å². The fourth-order valence-electron chi connectivity index (χ4n) is 2.54. The van der Waals surface area contributed by atoms with Crippen molar-refractivity contribution < 1.29 is 4.73 Å². The van der Waals surface area contributed by atoms with Crippen LogP contribution in [0.3, 0.4) is 0 Å². The van der Waals surface area contributed by atoms with Crippen molar-refractivity contribution in [3.63, 3.8) is 0 Å².